The van der Waals surface area contributed by atoms with Gasteiger partial charge < -0.3 is 10.1 Å². The SMILES string of the molecule is Cc1[nH]c(=O)sc1S(=O)(=O)N1CC(C(C)C(=O)O)C1. The smallest absolute Gasteiger partial charge is 0.306 e. The van der Waals surface area contributed by atoms with Crippen LogP contribution >= 0.6 is 11.3 Å². The average molecular weight is 306 g/mol. The van der Waals surface area contributed by atoms with E-state index in [9.17, 15) is 18.0 Å². The van der Waals surface area contributed by atoms with Crippen LogP contribution < -0.4 is 4.87 Å². The molecule has 0 aromatic carbocycles. The average Bonchev–Trinajstić information content (AvgIpc) is 2.55. The quantitative estimate of drug-likeness (QED) is 0.819. The maximum Gasteiger partial charge on any atom is 0.306 e. The largest absolute Gasteiger partial charge is 0.481 e. The lowest BCUT2D eigenvalue weighted by Crippen LogP contribution is -2.53. The fraction of sp³-hybridized carbons (Fsp3) is 0.600. The van der Waals surface area contributed by atoms with Gasteiger partial charge in [0.15, 0.2) is 4.21 Å². The van der Waals surface area contributed by atoms with Crippen LogP contribution in [0.15, 0.2) is 9.00 Å². The van der Waals surface area contributed by atoms with Crippen LogP contribution in [0.25, 0.3) is 0 Å². The molecule has 106 valence electrons. The summed E-state index contributed by atoms with van der Waals surface area (Å²) < 4.78 is 25.7. The number of sulfonamides is 1. The number of rotatable bonds is 4. The minimum absolute atomic E-state index is 0.0129. The Bertz CT molecular complexity index is 654. The van der Waals surface area contributed by atoms with Crippen LogP contribution in [0, 0.1) is 18.8 Å². The molecule has 1 fully saturated rings. The maximum absolute atomic E-state index is 12.2. The molecule has 1 aromatic heterocycles. The summed E-state index contributed by atoms with van der Waals surface area (Å²) in [6.45, 7) is 3.46. The van der Waals surface area contributed by atoms with Crippen LogP contribution in [0.3, 0.4) is 0 Å². The van der Waals surface area contributed by atoms with Gasteiger partial charge >= 0.3 is 10.8 Å². The van der Waals surface area contributed by atoms with Crippen molar-refractivity contribution in [3.8, 4) is 0 Å². The van der Waals surface area contributed by atoms with Gasteiger partial charge in [-0.05, 0) is 12.8 Å². The Kier molecular flexibility index (Phi) is 3.54. The molecule has 1 aliphatic rings. The Morgan fingerprint density at radius 2 is 2.11 bits per heavy atom. The molecule has 0 bridgehead atoms. The van der Waals surface area contributed by atoms with Gasteiger partial charge in [0.05, 0.1) is 5.92 Å². The predicted octanol–water partition coefficient (Wildman–Crippen LogP) is 0.0860. The van der Waals surface area contributed by atoms with E-state index in [2.05, 4.69) is 4.98 Å². The number of nitrogens with one attached hydrogen (secondary N) is 1. The monoisotopic (exact) mass is 306 g/mol. The highest BCUT2D eigenvalue weighted by Gasteiger charge is 2.42. The lowest BCUT2D eigenvalue weighted by molar-refractivity contribution is -0.144. The van der Waals surface area contributed by atoms with Gasteiger partial charge in [-0.15, -0.1) is 0 Å². The first kappa shape index (κ1) is 14.2. The van der Waals surface area contributed by atoms with Crippen LogP contribution in [-0.4, -0.2) is 41.9 Å². The second-order valence-electron chi connectivity index (χ2n) is 4.64. The zero-order valence-corrected chi connectivity index (χ0v) is 12.0. The number of thiazole rings is 1. The number of hydrogen-bond acceptors (Lipinski definition) is 5. The fourth-order valence-electron chi connectivity index (χ4n) is 1.94. The van der Waals surface area contributed by atoms with Crippen molar-refractivity contribution >= 4 is 27.3 Å². The molecule has 7 nitrogen and oxygen atoms in total. The summed E-state index contributed by atoms with van der Waals surface area (Å²) >= 11 is 0.658. The molecule has 1 unspecified atom stereocenters. The lowest BCUT2D eigenvalue weighted by Gasteiger charge is -2.39. The van der Waals surface area contributed by atoms with E-state index in [0.29, 0.717) is 17.0 Å². The van der Waals surface area contributed by atoms with E-state index in [4.69, 9.17) is 5.11 Å². The third-order valence-electron chi connectivity index (χ3n) is 3.33. The number of aryl methyl sites for hydroxylation is 1. The van der Waals surface area contributed by atoms with Gasteiger partial charge in [-0.3, -0.25) is 9.59 Å². The highest BCUT2D eigenvalue weighted by atomic mass is 32.2. The van der Waals surface area contributed by atoms with E-state index in [1.165, 1.54) is 11.2 Å². The van der Waals surface area contributed by atoms with Crippen molar-refractivity contribution in [2.24, 2.45) is 11.8 Å². The standard InChI is InChI=1S/C10H14N2O5S2/c1-5(8(13)14)7-3-12(4-7)19(16,17)9-6(2)11-10(15)18-9/h5,7H,3-4H2,1-2H3,(H,11,15)(H,13,14). The second-order valence-corrected chi connectivity index (χ2v) is 7.75. The number of carboxylic acids is 1. The van der Waals surface area contributed by atoms with E-state index < -0.39 is 26.8 Å². The minimum atomic E-state index is -3.68. The number of nitrogens with zero attached hydrogens (tertiary/aromatic N) is 1. The zero-order valence-electron chi connectivity index (χ0n) is 10.4. The molecule has 9 heteroatoms. The molecular formula is C10H14N2O5S2. The van der Waals surface area contributed by atoms with Crippen molar-refractivity contribution in [3.05, 3.63) is 15.4 Å². The number of carbonyl (C=O) groups is 1. The Morgan fingerprint density at radius 1 is 1.53 bits per heavy atom. The maximum atomic E-state index is 12.2. The van der Waals surface area contributed by atoms with Crippen molar-refractivity contribution in [2.45, 2.75) is 18.1 Å². The minimum Gasteiger partial charge on any atom is -0.481 e. The van der Waals surface area contributed by atoms with E-state index in [-0.39, 0.29) is 23.2 Å². The van der Waals surface area contributed by atoms with Crippen LogP contribution in [-0.2, 0) is 14.8 Å². The first-order valence-electron chi connectivity index (χ1n) is 5.66. The van der Waals surface area contributed by atoms with Gasteiger partial charge in [0.2, 0.25) is 0 Å². The molecule has 19 heavy (non-hydrogen) atoms. The van der Waals surface area contributed by atoms with Crippen molar-refractivity contribution in [3.63, 3.8) is 0 Å². The highest BCUT2D eigenvalue weighted by Crippen LogP contribution is 2.31. The molecule has 1 aromatic rings. The summed E-state index contributed by atoms with van der Waals surface area (Å²) in [5.41, 5.74) is 0.324. The molecule has 0 spiro atoms. The van der Waals surface area contributed by atoms with Gasteiger partial charge in [-0.1, -0.05) is 18.3 Å². The van der Waals surface area contributed by atoms with Crippen LogP contribution in [0.4, 0.5) is 0 Å². The van der Waals surface area contributed by atoms with Crippen molar-refractivity contribution in [1.82, 2.24) is 9.29 Å². The molecule has 0 amide bonds. The third kappa shape index (κ3) is 2.45. The lowest BCUT2D eigenvalue weighted by atomic mass is 9.89. The van der Waals surface area contributed by atoms with Gasteiger partial charge in [0, 0.05) is 18.8 Å². The molecule has 0 aliphatic carbocycles. The molecule has 1 saturated heterocycles. The van der Waals surface area contributed by atoms with E-state index in [1.54, 1.807) is 6.92 Å². The fourth-order valence-corrected chi connectivity index (χ4v) is 4.93. The molecule has 0 radical (unpaired) electrons. The summed E-state index contributed by atoms with van der Waals surface area (Å²) in [6, 6.07) is 0. The summed E-state index contributed by atoms with van der Waals surface area (Å²) in [7, 11) is -3.68. The van der Waals surface area contributed by atoms with E-state index >= 15 is 0 Å². The van der Waals surface area contributed by atoms with Crippen LogP contribution in [0.1, 0.15) is 12.6 Å². The normalized spacial score (nSPS) is 19.1. The molecule has 1 aliphatic heterocycles. The van der Waals surface area contributed by atoms with Crippen molar-refractivity contribution in [1.29, 1.82) is 0 Å². The van der Waals surface area contributed by atoms with Crippen LogP contribution in [0.2, 0.25) is 0 Å². The topological polar surface area (TPSA) is 108 Å². The number of aliphatic carboxylic acids is 1. The Labute approximate surface area is 113 Å². The Morgan fingerprint density at radius 3 is 2.53 bits per heavy atom. The molecule has 2 N–H and O–H groups in total. The number of aromatic amines is 1. The number of carboxylic acid groups (broad SMARTS) is 1. The van der Waals surface area contributed by atoms with Gasteiger partial charge in [0.25, 0.3) is 10.0 Å². The van der Waals surface area contributed by atoms with Crippen molar-refractivity contribution in [2.75, 3.05) is 13.1 Å². The first-order valence-corrected chi connectivity index (χ1v) is 7.92. The van der Waals surface area contributed by atoms with Crippen LogP contribution in [0.5, 0.6) is 0 Å². The number of hydrogen-bond donors (Lipinski definition) is 2. The molecule has 2 rings (SSSR count). The summed E-state index contributed by atoms with van der Waals surface area (Å²) in [4.78, 5) is 24.0. The second kappa shape index (κ2) is 4.73. The highest BCUT2D eigenvalue weighted by molar-refractivity contribution is 7.91. The number of aromatic nitrogens is 1. The molecular weight excluding hydrogens is 292 g/mol. The van der Waals surface area contributed by atoms with Gasteiger partial charge in [-0.25, -0.2) is 8.42 Å². The summed E-state index contributed by atoms with van der Waals surface area (Å²) in [5, 5.41) is 8.86. The zero-order chi connectivity index (χ0) is 14.4. The Hall–Kier alpha value is -1.19. The number of H-pyrrole nitrogens is 1. The van der Waals surface area contributed by atoms with Gasteiger partial charge in [-0.2, -0.15) is 4.31 Å². The molecule has 0 saturated carbocycles. The third-order valence-corrected chi connectivity index (χ3v) is 6.74. The first-order chi connectivity index (χ1) is 8.73. The molecule has 2 heterocycles. The molecule has 1 atom stereocenters. The van der Waals surface area contributed by atoms with Crippen molar-refractivity contribution < 1.29 is 18.3 Å². The predicted molar refractivity (Wildman–Crippen MR) is 68.7 cm³/mol. The van der Waals surface area contributed by atoms with E-state index in [0.717, 1.165) is 0 Å². The van der Waals surface area contributed by atoms with E-state index in [1.807, 2.05) is 0 Å². The Balaban J connectivity index is 2.15. The van der Waals surface area contributed by atoms with Gasteiger partial charge in [0.1, 0.15) is 0 Å². The summed E-state index contributed by atoms with van der Waals surface area (Å²) in [5.74, 6) is -1.68. The summed E-state index contributed by atoms with van der Waals surface area (Å²) in [6.07, 6.45) is 0.